The fraction of sp³-hybridized carbons (Fsp3) is 0.368. The Morgan fingerprint density at radius 2 is 1.44 bits per heavy atom. The van der Waals surface area contributed by atoms with Crippen molar-refractivity contribution in [3.05, 3.63) is 58.3 Å². The van der Waals surface area contributed by atoms with E-state index in [1.54, 1.807) is 0 Å². The third-order valence-corrected chi connectivity index (χ3v) is 4.93. The number of carbonyl (C=O) groups is 2. The van der Waals surface area contributed by atoms with Crippen LogP contribution in [0.2, 0.25) is 0 Å². The molecule has 8 heteroatoms. The van der Waals surface area contributed by atoms with Gasteiger partial charge in [0.1, 0.15) is 0 Å². The largest absolute Gasteiger partial charge is 0.473 e. The van der Waals surface area contributed by atoms with Crippen LogP contribution >= 0.6 is 15.9 Å². The molecular formula is C19H24BrN3O4. The van der Waals surface area contributed by atoms with Crippen molar-refractivity contribution >= 4 is 27.9 Å². The van der Waals surface area contributed by atoms with Gasteiger partial charge in [0.25, 0.3) is 0 Å². The Kier molecular flexibility index (Phi) is 8.02. The highest BCUT2D eigenvalue weighted by Gasteiger charge is 2.17. The molecule has 2 heterocycles. The van der Waals surface area contributed by atoms with Crippen molar-refractivity contribution < 1.29 is 19.8 Å². The van der Waals surface area contributed by atoms with Crippen molar-refractivity contribution in [2.45, 2.75) is 13.1 Å². The monoisotopic (exact) mass is 437 g/mol. The molecule has 0 atom stereocenters. The Morgan fingerprint density at radius 3 is 1.89 bits per heavy atom. The second-order valence-electron chi connectivity index (χ2n) is 6.40. The summed E-state index contributed by atoms with van der Waals surface area (Å²) in [6, 6.07) is 13.0. The lowest BCUT2D eigenvalue weighted by molar-refractivity contribution is -0.159. The van der Waals surface area contributed by atoms with Gasteiger partial charge in [-0.1, -0.05) is 28.1 Å². The summed E-state index contributed by atoms with van der Waals surface area (Å²) in [6.45, 7) is 6.74. The lowest BCUT2D eigenvalue weighted by Gasteiger charge is -2.34. The molecule has 0 saturated carbocycles. The summed E-state index contributed by atoms with van der Waals surface area (Å²) in [5.74, 6) is -3.65. The van der Waals surface area contributed by atoms with Crippen molar-refractivity contribution in [2.75, 3.05) is 26.2 Å². The molecule has 0 radical (unpaired) electrons. The fourth-order valence-corrected chi connectivity index (χ4v) is 3.11. The lowest BCUT2D eigenvalue weighted by atomic mass is 10.2. The normalized spacial score (nSPS) is 15.0. The summed E-state index contributed by atoms with van der Waals surface area (Å²) < 4.78 is 3.37. The van der Waals surface area contributed by atoms with Crippen LogP contribution in [0.25, 0.3) is 0 Å². The molecule has 1 aliphatic heterocycles. The van der Waals surface area contributed by atoms with Gasteiger partial charge in [0.15, 0.2) is 0 Å². The van der Waals surface area contributed by atoms with Gasteiger partial charge in [-0.25, -0.2) is 9.59 Å². The fourth-order valence-electron chi connectivity index (χ4n) is 2.84. The predicted molar refractivity (Wildman–Crippen MR) is 105 cm³/mol. The number of carboxylic acid groups (broad SMARTS) is 2. The number of halogens is 1. The third-order valence-electron chi connectivity index (χ3n) is 4.40. The quantitative estimate of drug-likeness (QED) is 0.713. The molecule has 1 fully saturated rings. The van der Waals surface area contributed by atoms with E-state index in [0.717, 1.165) is 43.7 Å². The smallest absolute Gasteiger partial charge is 0.414 e. The Balaban J connectivity index is 0.000000380. The Bertz CT molecular complexity index is 741. The van der Waals surface area contributed by atoms with E-state index >= 15 is 0 Å². The summed E-state index contributed by atoms with van der Waals surface area (Å²) in [5, 5.41) is 14.8. The molecule has 0 bridgehead atoms. The van der Waals surface area contributed by atoms with Gasteiger partial charge in [-0.2, -0.15) is 0 Å². The second kappa shape index (κ2) is 10.2. The molecule has 1 aromatic carbocycles. The van der Waals surface area contributed by atoms with Gasteiger partial charge in [0, 0.05) is 62.7 Å². The van der Waals surface area contributed by atoms with Gasteiger partial charge < -0.3 is 14.8 Å². The number of piperazine rings is 1. The molecule has 1 aromatic heterocycles. The van der Waals surface area contributed by atoms with Gasteiger partial charge >= 0.3 is 11.9 Å². The van der Waals surface area contributed by atoms with Crippen LogP contribution in [0.1, 0.15) is 11.3 Å². The Labute approximate surface area is 166 Å². The van der Waals surface area contributed by atoms with Crippen LogP contribution in [0.5, 0.6) is 0 Å². The average molecular weight is 438 g/mol. The van der Waals surface area contributed by atoms with Crippen molar-refractivity contribution in [2.24, 2.45) is 7.05 Å². The van der Waals surface area contributed by atoms with E-state index in [2.05, 4.69) is 79.9 Å². The van der Waals surface area contributed by atoms with E-state index in [1.807, 2.05) is 0 Å². The molecule has 1 saturated heterocycles. The number of aromatic nitrogens is 1. The summed E-state index contributed by atoms with van der Waals surface area (Å²) in [7, 11) is 2.12. The molecule has 0 amide bonds. The van der Waals surface area contributed by atoms with Crippen LogP contribution in [-0.2, 0) is 29.7 Å². The average Bonchev–Trinajstić information content (AvgIpc) is 3.04. The van der Waals surface area contributed by atoms with E-state index in [1.165, 1.54) is 11.3 Å². The van der Waals surface area contributed by atoms with E-state index in [0.29, 0.717) is 0 Å². The maximum atomic E-state index is 9.10. The third kappa shape index (κ3) is 7.16. The second-order valence-corrected chi connectivity index (χ2v) is 7.32. The zero-order valence-electron chi connectivity index (χ0n) is 15.2. The van der Waals surface area contributed by atoms with Crippen LogP contribution in [0.3, 0.4) is 0 Å². The van der Waals surface area contributed by atoms with Crippen LogP contribution < -0.4 is 0 Å². The van der Waals surface area contributed by atoms with Gasteiger partial charge in [0.05, 0.1) is 0 Å². The Hall–Kier alpha value is -2.16. The zero-order chi connectivity index (χ0) is 19.8. The van der Waals surface area contributed by atoms with Crippen molar-refractivity contribution in [1.82, 2.24) is 14.4 Å². The van der Waals surface area contributed by atoms with Crippen molar-refractivity contribution in [1.29, 1.82) is 0 Å². The molecule has 0 aliphatic carbocycles. The van der Waals surface area contributed by atoms with Gasteiger partial charge in [-0.15, -0.1) is 0 Å². The number of aryl methyl sites for hydroxylation is 1. The lowest BCUT2D eigenvalue weighted by Crippen LogP contribution is -2.45. The molecule has 3 rings (SSSR count). The van der Waals surface area contributed by atoms with Gasteiger partial charge in [0.2, 0.25) is 0 Å². The summed E-state index contributed by atoms with van der Waals surface area (Å²) in [4.78, 5) is 23.3. The zero-order valence-corrected chi connectivity index (χ0v) is 16.8. The highest BCUT2D eigenvalue weighted by molar-refractivity contribution is 9.10. The van der Waals surface area contributed by atoms with Crippen LogP contribution in [0, 0.1) is 0 Å². The molecule has 27 heavy (non-hydrogen) atoms. The topological polar surface area (TPSA) is 86.0 Å². The first-order valence-electron chi connectivity index (χ1n) is 8.60. The molecular weight excluding hydrogens is 414 g/mol. The van der Waals surface area contributed by atoms with Gasteiger partial charge in [-0.3, -0.25) is 9.80 Å². The summed E-state index contributed by atoms with van der Waals surface area (Å²) in [5.41, 5.74) is 2.80. The van der Waals surface area contributed by atoms with E-state index < -0.39 is 11.9 Å². The molecule has 0 spiro atoms. The number of nitrogens with zero attached hydrogens (tertiary/aromatic N) is 3. The van der Waals surface area contributed by atoms with Crippen molar-refractivity contribution in [3.63, 3.8) is 0 Å². The Morgan fingerprint density at radius 1 is 0.926 bits per heavy atom. The highest BCUT2D eigenvalue weighted by atomic mass is 79.9. The molecule has 7 nitrogen and oxygen atoms in total. The summed E-state index contributed by atoms with van der Waals surface area (Å²) in [6.07, 6.45) is 2.12. The van der Waals surface area contributed by atoms with E-state index in [-0.39, 0.29) is 0 Å². The molecule has 1 aliphatic rings. The minimum absolute atomic E-state index is 1.06. The van der Waals surface area contributed by atoms with Crippen LogP contribution in [0.15, 0.2) is 47.1 Å². The molecule has 2 N–H and O–H groups in total. The highest BCUT2D eigenvalue weighted by Crippen LogP contribution is 2.14. The number of carboxylic acids is 2. The minimum Gasteiger partial charge on any atom is -0.473 e. The first-order valence-corrected chi connectivity index (χ1v) is 9.40. The van der Waals surface area contributed by atoms with Gasteiger partial charge in [-0.05, 0) is 29.8 Å². The number of rotatable bonds is 4. The maximum absolute atomic E-state index is 9.10. The van der Waals surface area contributed by atoms with Crippen LogP contribution in [0.4, 0.5) is 0 Å². The first kappa shape index (κ1) is 21.1. The maximum Gasteiger partial charge on any atom is 0.414 e. The molecule has 2 aromatic rings. The standard InChI is InChI=1S/C17H22BrN3.C2H2O4/c1-19-8-2-3-17(19)14-21-11-9-20(10-12-21)13-15-4-6-16(18)7-5-15;3-1(4)2(5)6/h2-8H,9-14H2,1H3;(H,3,4)(H,5,6). The number of hydrogen-bond acceptors (Lipinski definition) is 4. The molecule has 0 unspecified atom stereocenters. The number of hydrogen-bond donors (Lipinski definition) is 2. The van der Waals surface area contributed by atoms with Crippen molar-refractivity contribution in [3.8, 4) is 0 Å². The van der Waals surface area contributed by atoms with E-state index in [4.69, 9.17) is 19.8 Å². The predicted octanol–water partition coefficient (Wildman–Crippen LogP) is 2.26. The minimum atomic E-state index is -1.82. The number of aliphatic carboxylic acids is 2. The SMILES string of the molecule is Cn1cccc1CN1CCN(Cc2ccc(Br)cc2)CC1.O=C(O)C(=O)O. The molecule has 146 valence electrons. The number of benzene rings is 1. The van der Waals surface area contributed by atoms with E-state index in [9.17, 15) is 0 Å². The summed E-state index contributed by atoms with van der Waals surface area (Å²) >= 11 is 3.49. The van der Waals surface area contributed by atoms with Crippen LogP contribution in [-0.4, -0.2) is 62.7 Å². The first-order chi connectivity index (χ1) is 12.8.